The average molecular weight is 1280 g/mol. The second-order valence-corrected chi connectivity index (χ2v) is 24.4. The Balaban J connectivity index is 1.36. The summed E-state index contributed by atoms with van der Waals surface area (Å²) in [5.74, 6) is -6.21. The molecule has 0 bridgehead atoms. The van der Waals surface area contributed by atoms with Gasteiger partial charge in [-0.15, -0.1) is 0 Å². The summed E-state index contributed by atoms with van der Waals surface area (Å²) in [6.07, 6.45) is 2.32. The van der Waals surface area contributed by atoms with E-state index < -0.39 is 165 Å². The van der Waals surface area contributed by atoms with Crippen LogP contribution in [0.3, 0.4) is 0 Å². The highest BCUT2D eigenvalue weighted by Gasteiger charge is 2.56. The number of cyclic esters (lactones) is 1. The van der Waals surface area contributed by atoms with Gasteiger partial charge in [-0.1, -0.05) is 90.4 Å². The van der Waals surface area contributed by atoms with Crippen LogP contribution < -0.4 is 0 Å². The van der Waals surface area contributed by atoms with Crippen molar-refractivity contribution in [2.24, 2.45) is 0 Å². The zero-order valence-electron chi connectivity index (χ0n) is 54.6. The number of ether oxygens (including phenoxy) is 15. The summed E-state index contributed by atoms with van der Waals surface area (Å²) in [7, 11) is 0. The zero-order valence-corrected chi connectivity index (χ0v) is 54.6. The molecule has 0 aromatic rings. The van der Waals surface area contributed by atoms with Gasteiger partial charge in [0.2, 0.25) is 0 Å². The Morgan fingerprint density at radius 2 is 0.822 bits per heavy atom. The van der Waals surface area contributed by atoms with Gasteiger partial charge in [-0.25, -0.2) is 4.79 Å². The fraction of sp³-hybridized carbons (Fsp3) is 0.831. The van der Waals surface area contributed by atoms with Crippen LogP contribution >= 0.6 is 0 Å². The van der Waals surface area contributed by atoms with Crippen molar-refractivity contribution in [3.05, 3.63) is 11.6 Å². The molecule has 25 nitrogen and oxygen atoms in total. The number of carbonyl (C=O) groups excluding carboxylic acids is 9. The molecule has 4 saturated heterocycles. The number of hydrogen-bond donors (Lipinski definition) is 1. The molecule has 5 aliphatic rings. The van der Waals surface area contributed by atoms with E-state index in [-0.39, 0.29) is 12.1 Å². The van der Waals surface area contributed by atoms with Crippen LogP contribution in [0.25, 0.3) is 0 Å². The maximum atomic E-state index is 12.9. The lowest BCUT2D eigenvalue weighted by atomic mass is 9.97. The molecule has 512 valence electrons. The van der Waals surface area contributed by atoms with Crippen molar-refractivity contribution in [2.45, 2.75) is 334 Å². The number of hydrogen-bond acceptors (Lipinski definition) is 25. The fourth-order valence-corrected chi connectivity index (χ4v) is 12.5. The van der Waals surface area contributed by atoms with Gasteiger partial charge in [0.1, 0.15) is 31.5 Å². The number of aliphatic hydroxyl groups is 1. The van der Waals surface area contributed by atoms with E-state index in [9.17, 15) is 48.3 Å². The van der Waals surface area contributed by atoms with Crippen molar-refractivity contribution in [1.29, 1.82) is 0 Å². The molecule has 0 aromatic heterocycles. The van der Waals surface area contributed by atoms with Crippen molar-refractivity contribution in [3.8, 4) is 0 Å². The topological polar surface area (TPSA) is 312 Å². The SMILES string of the molecule is CCCCCC[C@H](O)CCC[C@H](O[C@@H]1O[C@H](COC(C)=O)[C@@H](OC(C)=O)[C@H](OC(C)=O)[C@H]1OC(C)=O)[C@H]1CC[C@H]([C@H]2CC[C@H]([C@@H](CCCCCCCCCCCCC3=C[C@H](C)OC3=O)O[C@@H]3O[C@H](COC(C)=O)[C@@H](OC(C)=O)[C@H](OC(C)=O)[C@H]3OC(C)=O)O2)O1. The maximum absolute atomic E-state index is 12.9. The van der Waals surface area contributed by atoms with Crippen molar-refractivity contribution < 1.29 is 119 Å². The van der Waals surface area contributed by atoms with E-state index in [1.54, 1.807) is 0 Å². The van der Waals surface area contributed by atoms with E-state index in [0.29, 0.717) is 64.2 Å². The molecule has 0 saturated carbocycles. The van der Waals surface area contributed by atoms with Crippen LogP contribution in [0.4, 0.5) is 0 Å². The summed E-state index contributed by atoms with van der Waals surface area (Å²) in [4.78, 5) is 112. The Kier molecular flexibility index (Phi) is 32.9. The third-order valence-corrected chi connectivity index (χ3v) is 16.5. The highest BCUT2D eigenvalue weighted by atomic mass is 16.8. The summed E-state index contributed by atoms with van der Waals surface area (Å²) < 4.78 is 90.5. The van der Waals surface area contributed by atoms with Crippen LogP contribution in [0.15, 0.2) is 11.6 Å². The molecule has 1 N–H and O–H groups in total. The van der Waals surface area contributed by atoms with Gasteiger partial charge in [0.05, 0.1) is 42.7 Å². The van der Waals surface area contributed by atoms with Gasteiger partial charge in [0, 0.05) is 61.0 Å². The molecule has 0 amide bonds. The summed E-state index contributed by atoms with van der Waals surface area (Å²) in [6, 6.07) is 0. The maximum Gasteiger partial charge on any atom is 0.334 e. The van der Waals surface area contributed by atoms with Gasteiger partial charge in [-0.2, -0.15) is 0 Å². The van der Waals surface area contributed by atoms with E-state index in [1.807, 2.05) is 13.0 Å². The van der Waals surface area contributed by atoms with Gasteiger partial charge in [0.15, 0.2) is 49.2 Å². The number of carbonyl (C=O) groups is 9. The molecule has 0 unspecified atom stereocenters. The molecule has 18 atom stereocenters. The lowest BCUT2D eigenvalue weighted by Gasteiger charge is -2.45. The first-order valence-corrected chi connectivity index (χ1v) is 32.7. The summed E-state index contributed by atoms with van der Waals surface area (Å²) >= 11 is 0. The van der Waals surface area contributed by atoms with E-state index in [1.165, 1.54) is 13.8 Å². The van der Waals surface area contributed by atoms with Crippen LogP contribution in [0.5, 0.6) is 0 Å². The van der Waals surface area contributed by atoms with E-state index >= 15 is 0 Å². The first-order chi connectivity index (χ1) is 42.9. The minimum absolute atomic E-state index is 0.158. The lowest BCUT2D eigenvalue weighted by molar-refractivity contribution is -0.324. The zero-order chi connectivity index (χ0) is 65.9. The minimum atomic E-state index is -1.48. The van der Waals surface area contributed by atoms with Crippen LogP contribution in [0, 0.1) is 0 Å². The fourth-order valence-electron chi connectivity index (χ4n) is 12.5. The third kappa shape index (κ3) is 26.0. The van der Waals surface area contributed by atoms with Gasteiger partial charge in [0.25, 0.3) is 0 Å². The molecule has 5 rings (SSSR count). The Morgan fingerprint density at radius 1 is 0.456 bits per heavy atom. The van der Waals surface area contributed by atoms with Crippen LogP contribution in [-0.2, 0) is 114 Å². The van der Waals surface area contributed by atoms with E-state index in [2.05, 4.69) is 6.92 Å². The molecular weight excluding hydrogens is 1180 g/mol. The Morgan fingerprint density at radius 3 is 1.22 bits per heavy atom. The Labute approximate surface area is 529 Å². The molecule has 0 aliphatic carbocycles. The Bertz CT molecular complexity index is 2330. The molecule has 5 heterocycles. The van der Waals surface area contributed by atoms with Crippen molar-refractivity contribution in [2.75, 3.05) is 13.2 Å². The predicted molar refractivity (Wildman–Crippen MR) is 317 cm³/mol. The van der Waals surface area contributed by atoms with Crippen LogP contribution in [0.2, 0.25) is 0 Å². The normalized spacial score (nSPS) is 29.2. The minimum Gasteiger partial charge on any atom is -0.463 e. The molecule has 0 aromatic carbocycles. The first kappa shape index (κ1) is 75.4. The summed E-state index contributed by atoms with van der Waals surface area (Å²) in [6.45, 7) is 12.4. The Hall–Kier alpha value is -5.31. The number of esters is 9. The molecular formula is C65H102O25. The highest BCUT2D eigenvalue weighted by Crippen LogP contribution is 2.40. The van der Waals surface area contributed by atoms with Crippen molar-refractivity contribution >= 4 is 53.7 Å². The quantitative estimate of drug-likeness (QED) is 0.0345. The first-order valence-electron chi connectivity index (χ1n) is 32.7. The molecule has 0 radical (unpaired) electrons. The largest absolute Gasteiger partial charge is 0.463 e. The summed E-state index contributed by atoms with van der Waals surface area (Å²) in [5, 5.41) is 11.1. The monoisotopic (exact) mass is 1280 g/mol. The van der Waals surface area contributed by atoms with Crippen molar-refractivity contribution in [1.82, 2.24) is 0 Å². The van der Waals surface area contributed by atoms with Crippen LogP contribution in [0.1, 0.15) is 223 Å². The number of unbranched alkanes of at least 4 members (excludes halogenated alkanes) is 12. The van der Waals surface area contributed by atoms with Crippen molar-refractivity contribution in [3.63, 3.8) is 0 Å². The average Bonchev–Trinajstić information content (AvgIpc) is 0.999. The summed E-state index contributed by atoms with van der Waals surface area (Å²) in [5.41, 5.74) is 0.769. The molecule has 5 aliphatic heterocycles. The van der Waals surface area contributed by atoms with Crippen LogP contribution in [-0.4, -0.2) is 182 Å². The van der Waals surface area contributed by atoms with Gasteiger partial charge in [-0.3, -0.25) is 38.4 Å². The van der Waals surface area contributed by atoms with Gasteiger partial charge >= 0.3 is 53.7 Å². The molecule has 4 fully saturated rings. The number of rotatable bonds is 39. The highest BCUT2D eigenvalue weighted by molar-refractivity contribution is 5.90. The van der Waals surface area contributed by atoms with Gasteiger partial charge < -0.3 is 76.2 Å². The number of aliphatic hydroxyl groups excluding tert-OH is 1. The standard InChI is InChI=1S/C65H102O25/c1-11-12-13-23-27-48(74)28-25-30-50(88-65-62(84-46(10)73)60(82-44(8)71)58(80-42(6)69)56(90-65)37-77-40(4)67)52-32-34-54(86-52)53-33-31-51(85-53)49(29-24-21-19-17-15-14-16-18-20-22-26-47-35-38(2)78-63(47)75)87-64-61(83-45(9)72)59(81-43(7)70)57(79-41(5)68)55(89-64)36-76-39(3)66/h35,38,48-62,64-65,74H,11-34,36-37H2,1-10H3/t38-,48-,49+,50-,51+,52+,53+,54+,55+,56+,57+,58+,59-,60-,61+,62+,64+,65+/m0/s1. The third-order valence-electron chi connectivity index (χ3n) is 16.5. The predicted octanol–water partition coefficient (Wildman–Crippen LogP) is 8.07. The second kappa shape index (κ2) is 39.3. The molecule has 25 heteroatoms. The van der Waals surface area contributed by atoms with Gasteiger partial charge in [-0.05, 0) is 83.6 Å². The van der Waals surface area contributed by atoms with E-state index in [0.717, 1.165) is 137 Å². The second-order valence-electron chi connectivity index (χ2n) is 24.4. The smallest absolute Gasteiger partial charge is 0.334 e. The van der Waals surface area contributed by atoms with E-state index in [4.69, 9.17) is 71.1 Å². The molecule has 0 spiro atoms. The molecule has 90 heavy (non-hydrogen) atoms. The lowest BCUT2D eigenvalue weighted by Crippen LogP contribution is -2.63.